The van der Waals surface area contributed by atoms with E-state index in [4.69, 9.17) is 4.42 Å². The quantitative estimate of drug-likeness (QED) is 0.411. The lowest BCUT2D eigenvalue weighted by molar-refractivity contribution is -0.116. The van der Waals surface area contributed by atoms with E-state index in [0.29, 0.717) is 23.6 Å². The fourth-order valence-electron chi connectivity index (χ4n) is 3.06. The van der Waals surface area contributed by atoms with Gasteiger partial charge in [0.15, 0.2) is 5.76 Å². The number of para-hydroxylation sites is 2. The number of amides is 1. The summed E-state index contributed by atoms with van der Waals surface area (Å²) < 4.78 is 7.69. The van der Waals surface area contributed by atoms with E-state index < -0.39 is 5.91 Å². The van der Waals surface area contributed by atoms with Crippen LogP contribution >= 0.6 is 0 Å². The summed E-state index contributed by atoms with van der Waals surface area (Å²) in [6, 6.07) is 21.2. The van der Waals surface area contributed by atoms with Gasteiger partial charge in [-0.15, -0.1) is 0 Å². The molecule has 2 aromatic heterocycles. The van der Waals surface area contributed by atoms with Gasteiger partial charge in [-0.05, 0) is 37.3 Å². The second-order valence-electron chi connectivity index (χ2n) is 6.39. The first-order valence-corrected chi connectivity index (χ1v) is 9.23. The smallest absolute Gasteiger partial charge is 0.261 e. The minimum absolute atomic E-state index is 0.0109. The van der Waals surface area contributed by atoms with Gasteiger partial charge in [-0.3, -0.25) is 4.79 Å². The van der Waals surface area contributed by atoms with Crippen LogP contribution in [0.5, 0.6) is 0 Å². The number of furan rings is 1. The molecule has 29 heavy (non-hydrogen) atoms. The number of carbonyl (C=O) groups excluding carboxylic acids is 1. The van der Waals surface area contributed by atoms with Crippen LogP contribution in [0.2, 0.25) is 0 Å². The summed E-state index contributed by atoms with van der Waals surface area (Å²) in [5.41, 5.74) is 2.80. The van der Waals surface area contributed by atoms with E-state index in [1.54, 1.807) is 23.9 Å². The maximum atomic E-state index is 12.2. The molecule has 4 rings (SSSR count). The normalized spacial score (nSPS) is 11.4. The van der Waals surface area contributed by atoms with Crippen LogP contribution in [0.1, 0.15) is 12.5 Å². The fraction of sp³-hybridized carbons (Fsp3) is 0.0870. The number of fused-ring (bicyclic) bond motifs is 1. The van der Waals surface area contributed by atoms with Crippen molar-refractivity contribution in [3.8, 4) is 23.2 Å². The summed E-state index contributed by atoms with van der Waals surface area (Å²) in [5, 5.41) is 17.7. The van der Waals surface area contributed by atoms with Gasteiger partial charge >= 0.3 is 0 Å². The van der Waals surface area contributed by atoms with Gasteiger partial charge in [0.25, 0.3) is 5.91 Å². The Bertz CT molecular complexity index is 1210. The predicted octanol–water partition coefficient (Wildman–Crippen LogP) is 4.33. The van der Waals surface area contributed by atoms with Crippen molar-refractivity contribution >= 4 is 23.0 Å². The van der Waals surface area contributed by atoms with Crippen molar-refractivity contribution in [2.75, 3.05) is 6.54 Å². The summed E-state index contributed by atoms with van der Waals surface area (Å²) in [5.74, 6) is 0.151. The van der Waals surface area contributed by atoms with E-state index in [1.807, 2.05) is 66.7 Å². The summed E-state index contributed by atoms with van der Waals surface area (Å²) >= 11 is 0. The molecule has 0 saturated carbocycles. The second kappa shape index (κ2) is 7.87. The van der Waals surface area contributed by atoms with Gasteiger partial charge in [-0.1, -0.05) is 36.4 Å². The third kappa shape index (κ3) is 3.66. The zero-order valence-electron chi connectivity index (χ0n) is 15.8. The Kier molecular flexibility index (Phi) is 4.95. The van der Waals surface area contributed by atoms with Crippen molar-refractivity contribution < 1.29 is 9.21 Å². The third-order valence-corrected chi connectivity index (χ3v) is 4.42. The van der Waals surface area contributed by atoms with Crippen LogP contribution < -0.4 is 5.32 Å². The number of nitrogens with one attached hydrogen (secondary N) is 1. The number of likely N-dealkylation sites (N-methyl/N-ethyl adjacent to an activating group) is 1. The molecule has 2 aromatic carbocycles. The number of hydrogen-bond donors (Lipinski definition) is 1. The molecule has 1 amide bonds. The molecule has 0 fully saturated rings. The van der Waals surface area contributed by atoms with Crippen LogP contribution in [0.4, 0.5) is 0 Å². The van der Waals surface area contributed by atoms with E-state index in [0.717, 1.165) is 16.7 Å². The van der Waals surface area contributed by atoms with Crippen LogP contribution in [0.15, 0.2) is 76.9 Å². The standard InChI is InChI=1S/C23H18N4O2/c1-2-25-23(28)17(14-24)12-18-15-27(19-9-4-3-5-10-19)26-22(18)21-13-16-8-6-7-11-20(16)29-21/h3-13,15H,2H2,1H3,(H,25,28)/b17-12-. The molecule has 0 aliphatic carbocycles. The van der Waals surface area contributed by atoms with Gasteiger partial charge in [0.1, 0.15) is 22.9 Å². The number of carbonyl (C=O) groups is 1. The average Bonchev–Trinajstić information content (AvgIpc) is 3.36. The number of nitriles is 1. The summed E-state index contributed by atoms with van der Waals surface area (Å²) in [7, 11) is 0. The van der Waals surface area contributed by atoms with Crippen molar-refractivity contribution in [1.82, 2.24) is 15.1 Å². The molecule has 4 aromatic rings. The Morgan fingerprint density at radius 1 is 1.21 bits per heavy atom. The van der Waals surface area contributed by atoms with Crippen molar-refractivity contribution in [2.24, 2.45) is 0 Å². The SMILES string of the molecule is CCNC(=O)/C(C#N)=C\c1cn(-c2ccccc2)nc1-c1cc2ccccc2o1. The molecule has 142 valence electrons. The molecular weight excluding hydrogens is 364 g/mol. The van der Waals surface area contributed by atoms with Crippen LogP contribution in [0.25, 0.3) is 34.2 Å². The van der Waals surface area contributed by atoms with Gasteiger partial charge in [-0.2, -0.15) is 10.4 Å². The van der Waals surface area contributed by atoms with E-state index >= 15 is 0 Å². The highest BCUT2D eigenvalue weighted by atomic mass is 16.3. The van der Waals surface area contributed by atoms with Crippen molar-refractivity contribution in [3.05, 3.63) is 78.0 Å². The van der Waals surface area contributed by atoms with Crippen LogP contribution in [0.3, 0.4) is 0 Å². The molecule has 0 atom stereocenters. The van der Waals surface area contributed by atoms with Crippen LogP contribution in [-0.2, 0) is 4.79 Å². The molecule has 0 aliphatic rings. The Balaban J connectivity index is 1.87. The minimum Gasteiger partial charge on any atom is -0.454 e. The number of aromatic nitrogens is 2. The lowest BCUT2D eigenvalue weighted by Gasteiger charge is -1.99. The Labute approximate surface area is 167 Å². The topological polar surface area (TPSA) is 83.9 Å². The Morgan fingerprint density at radius 2 is 1.97 bits per heavy atom. The van der Waals surface area contributed by atoms with Crippen LogP contribution in [0, 0.1) is 11.3 Å². The highest BCUT2D eigenvalue weighted by Gasteiger charge is 2.17. The lowest BCUT2D eigenvalue weighted by Crippen LogP contribution is -2.23. The molecule has 0 aliphatic heterocycles. The second-order valence-corrected chi connectivity index (χ2v) is 6.39. The molecular formula is C23H18N4O2. The molecule has 0 bridgehead atoms. The fourth-order valence-corrected chi connectivity index (χ4v) is 3.06. The van der Waals surface area contributed by atoms with Crippen LogP contribution in [-0.4, -0.2) is 22.2 Å². The van der Waals surface area contributed by atoms with Gasteiger partial charge in [-0.25, -0.2) is 4.68 Å². The summed E-state index contributed by atoms with van der Waals surface area (Å²) in [6.45, 7) is 2.25. The van der Waals surface area contributed by atoms with Gasteiger partial charge < -0.3 is 9.73 Å². The zero-order valence-corrected chi connectivity index (χ0v) is 15.8. The predicted molar refractivity (Wildman–Crippen MR) is 111 cm³/mol. The Hall–Kier alpha value is -4.11. The average molecular weight is 382 g/mol. The third-order valence-electron chi connectivity index (χ3n) is 4.42. The molecule has 6 nitrogen and oxygen atoms in total. The molecule has 6 heteroatoms. The number of rotatable bonds is 5. The highest BCUT2D eigenvalue weighted by Crippen LogP contribution is 2.31. The monoisotopic (exact) mass is 382 g/mol. The molecule has 0 spiro atoms. The van der Waals surface area contributed by atoms with E-state index in [-0.39, 0.29) is 5.57 Å². The molecule has 0 radical (unpaired) electrons. The lowest BCUT2D eigenvalue weighted by atomic mass is 10.1. The van der Waals surface area contributed by atoms with Gasteiger partial charge in [0, 0.05) is 23.7 Å². The zero-order chi connectivity index (χ0) is 20.2. The number of benzene rings is 2. The van der Waals surface area contributed by atoms with E-state index in [2.05, 4.69) is 10.4 Å². The van der Waals surface area contributed by atoms with Gasteiger partial charge in [0.05, 0.1) is 5.69 Å². The van der Waals surface area contributed by atoms with Crippen molar-refractivity contribution in [2.45, 2.75) is 6.92 Å². The van der Waals surface area contributed by atoms with E-state index in [1.165, 1.54) is 0 Å². The first-order chi connectivity index (χ1) is 14.2. The number of nitrogens with zero attached hydrogens (tertiary/aromatic N) is 3. The largest absolute Gasteiger partial charge is 0.454 e. The highest BCUT2D eigenvalue weighted by molar-refractivity contribution is 6.02. The van der Waals surface area contributed by atoms with E-state index in [9.17, 15) is 10.1 Å². The first kappa shape index (κ1) is 18.3. The molecule has 1 N–H and O–H groups in total. The van der Waals surface area contributed by atoms with Gasteiger partial charge in [0.2, 0.25) is 0 Å². The van der Waals surface area contributed by atoms with Crippen molar-refractivity contribution in [1.29, 1.82) is 5.26 Å². The number of hydrogen-bond acceptors (Lipinski definition) is 4. The Morgan fingerprint density at radius 3 is 2.69 bits per heavy atom. The molecule has 2 heterocycles. The first-order valence-electron chi connectivity index (χ1n) is 9.23. The molecule has 0 saturated heterocycles. The van der Waals surface area contributed by atoms with Crippen molar-refractivity contribution in [3.63, 3.8) is 0 Å². The molecule has 0 unspecified atom stereocenters. The maximum Gasteiger partial charge on any atom is 0.261 e. The minimum atomic E-state index is -0.419. The summed E-state index contributed by atoms with van der Waals surface area (Å²) in [4.78, 5) is 12.2. The summed E-state index contributed by atoms with van der Waals surface area (Å²) in [6.07, 6.45) is 3.33. The maximum absolute atomic E-state index is 12.2.